The number of carbonyl (C=O) groups excluding carboxylic acids is 2. The van der Waals surface area contributed by atoms with E-state index in [0.717, 1.165) is 12.8 Å². The number of aromatic hydroxyl groups is 1. The number of carbonyl (C=O) groups is 4. The highest BCUT2D eigenvalue weighted by Crippen LogP contribution is 2.66. The third kappa shape index (κ3) is 3.42. The van der Waals surface area contributed by atoms with Crippen molar-refractivity contribution in [1.82, 2.24) is 4.90 Å². The van der Waals surface area contributed by atoms with Gasteiger partial charge in [0, 0.05) is 41.2 Å². The van der Waals surface area contributed by atoms with Crippen molar-refractivity contribution < 1.29 is 39.2 Å². The number of hydrogen-bond donors (Lipinski definition) is 3. The Hall–Kier alpha value is -3.10. The second kappa shape index (κ2) is 8.20. The van der Waals surface area contributed by atoms with Crippen molar-refractivity contribution in [2.75, 3.05) is 0 Å². The van der Waals surface area contributed by atoms with E-state index >= 15 is 0 Å². The van der Waals surface area contributed by atoms with E-state index in [1.807, 2.05) is 13.8 Å². The van der Waals surface area contributed by atoms with Crippen molar-refractivity contribution in [2.24, 2.45) is 22.7 Å². The molecule has 3 N–H and O–H groups in total. The fourth-order valence-electron chi connectivity index (χ4n) is 8.03. The van der Waals surface area contributed by atoms with Crippen LogP contribution in [0.4, 0.5) is 0 Å². The van der Waals surface area contributed by atoms with Crippen LogP contribution in [-0.4, -0.2) is 55.5 Å². The minimum absolute atomic E-state index is 0.0258. The minimum atomic E-state index is -1.30. The lowest BCUT2D eigenvalue weighted by atomic mass is 9.44. The monoisotopic (exact) mass is 513 g/mol. The molecule has 2 aliphatic heterocycles. The molecular weight excluding hydrogens is 478 g/mol. The molecular formula is C28H35NO8. The summed E-state index contributed by atoms with van der Waals surface area (Å²) in [5.74, 6) is -2.07. The Morgan fingerprint density at radius 1 is 1.16 bits per heavy atom. The number of nitrogens with zero attached hydrogens (tertiary/aromatic N) is 1. The van der Waals surface area contributed by atoms with Crippen LogP contribution in [0.1, 0.15) is 87.7 Å². The van der Waals surface area contributed by atoms with Gasteiger partial charge in [0.1, 0.15) is 28.9 Å². The molecule has 4 aliphatic rings. The molecule has 0 unspecified atom stereocenters. The van der Waals surface area contributed by atoms with Crippen molar-refractivity contribution in [1.29, 1.82) is 0 Å². The van der Waals surface area contributed by atoms with Gasteiger partial charge < -0.3 is 25.0 Å². The molecule has 2 heterocycles. The molecule has 1 aromatic rings. The van der Waals surface area contributed by atoms with Crippen LogP contribution in [-0.2, 0) is 27.3 Å². The van der Waals surface area contributed by atoms with Crippen LogP contribution in [0.3, 0.4) is 0 Å². The Balaban J connectivity index is 1.55. The van der Waals surface area contributed by atoms with Crippen molar-refractivity contribution in [3.8, 4) is 11.5 Å². The van der Waals surface area contributed by atoms with E-state index in [4.69, 9.17) is 9.84 Å². The summed E-state index contributed by atoms with van der Waals surface area (Å²) in [4.78, 5) is 50.4. The van der Waals surface area contributed by atoms with Gasteiger partial charge in [-0.25, -0.2) is 4.79 Å². The summed E-state index contributed by atoms with van der Waals surface area (Å²) in [5.41, 5.74) is -0.148. The Bertz CT molecular complexity index is 1220. The van der Waals surface area contributed by atoms with E-state index < -0.39 is 34.9 Å². The molecule has 1 amide bonds. The van der Waals surface area contributed by atoms with Crippen LogP contribution in [0.25, 0.3) is 0 Å². The summed E-state index contributed by atoms with van der Waals surface area (Å²) in [5, 5.41) is 29.9. The Labute approximate surface area is 215 Å². The number of benzene rings is 1. The number of carboxylic acid groups (broad SMARTS) is 2. The molecule has 2 aliphatic carbocycles. The summed E-state index contributed by atoms with van der Waals surface area (Å²) in [7, 11) is 0. The second-order valence-electron chi connectivity index (χ2n) is 12.2. The van der Waals surface area contributed by atoms with Crippen molar-refractivity contribution in [3.63, 3.8) is 0 Å². The number of Topliss-reactive ketones (excluding diaryl/α,β-unsaturated/α-hetero) is 1. The normalized spacial score (nSPS) is 32.5. The zero-order valence-electron chi connectivity index (χ0n) is 21.8. The van der Waals surface area contributed by atoms with E-state index in [1.54, 1.807) is 0 Å². The van der Waals surface area contributed by atoms with Gasteiger partial charge in [-0.3, -0.25) is 14.4 Å². The molecule has 2 fully saturated rings. The van der Waals surface area contributed by atoms with Crippen molar-refractivity contribution >= 4 is 23.6 Å². The highest BCUT2D eigenvalue weighted by molar-refractivity contribution is 6.02. The first-order chi connectivity index (χ1) is 17.2. The first-order valence-electron chi connectivity index (χ1n) is 13.1. The molecule has 0 bridgehead atoms. The van der Waals surface area contributed by atoms with Gasteiger partial charge in [-0.05, 0) is 43.6 Å². The van der Waals surface area contributed by atoms with E-state index in [0.29, 0.717) is 36.1 Å². The lowest BCUT2D eigenvalue weighted by molar-refractivity contribution is -0.188. The number of phenolic OH excluding ortho intramolecular Hbond substituents is 1. The van der Waals surface area contributed by atoms with Gasteiger partial charge in [-0.2, -0.15) is 0 Å². The first-order valence-corrected chi connectivity index (χ1v) is 13.1. The number of aliphatic carboxylic acids is 2. The first kappa shape index (κ1) is 25.5. The molecule has 0 aromatic heterocycles. The van der Waals surface area contributed by atoms with Crippen LogP contribution in [0.15, 0.2) is 6.07 Å². The molecule has 9 heteroatoms. The largest absolute Gasteiger partial charge is 0.508 e. The summed E-state index contributed by atoms with van der Waals surface area (Å²) in [6, 6.07) is 0.0983. The summed E-state index contributed by atoms with van der Waals surface area (Å²) >= 11 is 0. The molecule has 1 spiro atoms. The minimum Gasteiger partial charge on any atom is -0.508 e. The van der Waals surface area contributed by atoms with Gasteiger partial charge >= 0.3 is 11.9 Å². The van der Waals surface area contributed by atoms with E-state index in [-0.39, 0.29) is 53.7 Å². The fourth-order valence-corrected chi connectivity index (χ4v) is 8.03. The van der Waals surface area contributed by atoms with Crippen molar-refractivity contribution in [3.05, 3.63) is 22.8 Å². The fraction of sp³-hybridized carbons (Fsp3) is 0.643. The van der Waals surface area contributed by atoms with Crippen LogP contribution >= 0.6 is 0 Å². The number of ketones is 1. The molecule has 200 valence electrons. The predicted octanol–water partition coefficient (Wildman–Crippen LogP) is 3.78. The van der Waals surface area contributed by atoms with Gasteiger partial charge in [-0.15, -0.1) is 0 Å². The molecule has 37 heavy (non-hydrogen) atoms. The Morgan fingerprint density at radius 2 is 1.86 bits per heavy atom. The quantitative estimate of drug-likeness (QED) is 0.540. The molecule has 5 rings (SSSR count). The number of rotatable bonds is 5. The summed E-state index contributed by atoms with van der Waals surface area (Å²) in [6.07, 6.45) is 2.79. The molecule has 0 radical (unpaired) electrons. The topological polar surface area (TPSA) is 141 Å². The lowest BCUT2D eigenvalue weighted by Gasteiger charge is -2.62. The molecule has 9 nitrogen and oxygen atoms in total. The second-order valence-corrected chi connectivity index (χ2v) is 12.2. The van der Waals surface area contributed by atoms with Crippen molar-refractivity contribution in [2.45, 2.75) is 90.8 Å². The number of hydrogen-bond acceptors (Lipinski definition) is 6. The lowest BCUT2D eigenvalue weighted by Crippen LogP contribution is -2.66. The Morgan fingerprint density at radius 3 is 2.51 bits per heavy atom. The number of ether oxygens (including phenoxy) is 1. The van der Waals surface area contributed by atoms with Crippen LogP contribution in [0.5, 0.6) is 11.5 Å². The number of carboxylic acids is 2. The van der Waals surface area contributed by atoms with Crippen LogP contribution < -0.4 is 4.74 Å². The highest BCUT2D eigenvalue weighted by atomic mass is 16.5. The van der Waals surface area contributed by atoms with Gasteiger partial charge in [-0.1, -0.05) is 27.7 Å². The van der Waals surface area contributed by atoms with Gasteiger partial charge in [0.15, 0.2) is 0 Å². The van der Waals surface area contributed by atoms with Gasteiger partial charge in [0.05, 0.1) is 12.1 Å². The SMILES string of the molecule is C[C@@H]1CC[C@@H]2C(C)(C)C(=O)CC[C@]2(C)[C@@]12Cc1c(O)cc3c(c1O2)CN([C@@H](CCC(=O)O)C(=O)O)C3=O. The zero-order chi connectivity index (χ0) is 27.1. The maximum atomic E-state index is 13.3. The average Bonchev–Trinajstić information content (AvgIpc) is 3.36. The predicted molar refractivity (Wildman–Crippen MR) is 131 cm³/mol. The average molecular weight is 514 g/mol. The van der Waals surface area contributed by atoms with Gasteiger partial charge in [0.25, 0.3) is 5.91 Å². The number of amides is 1. The third-order valence-corrected chi connectivity index (χ3v) is 10.2. The van der Waals surface area contributed by atoms with E-state index in [2.05, 4.69) is 13.8 Å². The third-order valence-electron chi connectivity index (χ3n) is 10.2. The van der Waals surface area contributed by atoms with E-state index in [9.17, 15) is 29.4 Å². The smallest absolute Gasteiger partial charge is 0.326 e. The Kier molecular flexibility index (Phi) is 5.66. The maximum absolute atomic E-state index is 13.3. The molecule has 0 saturated heterocycles. The summed E-state index contributed by atoms with van der Waals surface area (Å²) in [6.45, 7) is 8.38. The number of phenols is 1. The highest BCUT2D eigenvalue weighted by Gasteiger charge is 2.67. The van der Waals surface area contributed by atoms with E-state index in [1.165, 1.54) is 11.0 Å². The summed E-state index contributed by atoms with van der Waals surface area (Å²) < 4.78 is 6.92. The molecule has 1 aromatic carbocycles. The standard InChI is InChI=1S/C28H35NO8/c1-14-5-7-20-26(2,3)21(31)9-10-27(20,4)28(14)12-16-19(30)11-15-17(23(16)37-28)13-29(24(15)34)18(25(35)36)6-8-22(32)33/h11,14,18,20,30H,5-10,12-13H2,1-4H3,(H,32,33)(H,35,36)/t14-,18+,20-,27+,28-/m1/s1. The van der Waals surface area contributed by atoms with Crippen LogP contribution in [0.2, 0.25) is 0 Å². The van der Waals surface area contributed by atoms with Crippen LogP contribution in [0, 0.1) is 22.7 Å². The maximum Gasteiger partial charge on any atom is 0.326 e. The van der Waals surface area contributed by atoms with Gasteiger partial charge in [0.2, 0.25) is 0 Å². The molecule has 2 saturated carbocycles. The zero-order valence-corrected chi connectivity index (χ0v) is 21.8. The number of fused-ring (bicyclic) bond motifs is 5. The molecule has 5 atom stereocenters.